The molecule has 0 unspecified atom stereocenters. The van der Waals surface area contributed by atoms with Gasteiger partial charge in [-0.3, -0.25) is 4.79 Å². The van der Waals surface area contributed by atoms with Crippen molar-refractivity contribution in [3.05, 3.63) is 30.1 Å². The minimum absolute atomic E-state index is 0.0427. The molecule has 1 saturated carbocycles. The second-order valence-electron chi connectivity index (χ2n) is 7.22. The van der Waals surface area contributed by atoms with Crippen LogP contribution in [0.3, 0.4) is 0 Å². The number of aliphatic hydroxyl groups excluding tert-OH is 1. The first kappa shape index (κ1) is 19.6. The van der Waals surface area contributed by atoms with E-state index in [4.69, 9.17) is 4.74 Å². The van der Waals surface area contributed by atoms with Crippen molar-refractivity contribution < 1.29 is 23.8 Å². The summed E-state index contributed by atoms with van der Waals surface area (Å²) in [5.41, 5.74) is 0.343. The van der Waals surface area contributed by atoms with Crippen LogP contribution >= 0.6 is 0 Å². The fourth-order valence-corrected chi connectivity index (χ4v) is 3.21. The van der Waals surface area contributed by atoms with Gasteiger partial charge in [0.05, 0.1) is 25.2 Å². The molecule has 0 radical (unpaired) electrons. The van der Waals surface area contributed by atoms with Crippen molar-refractivity contribution in [2.24, 2.45) is 5.92 Å². The van der Waals surface area contributed by atoms with E-state index in [0.717, 1.165) is 6.54 Å². The Morgan fingerprint density at radius 2 is 2.04 bits per heavy atom. The maximum Gasteiger partial charge on any atom is 0.319 e. The number of halogens is 1. The molecule has 1 heterocycles. The number of amides is 3. The first-order valence-electron chi connectivity index (χ1n) is 9.39. The summed E-state index contributed by atoms with van der Waals surface area (Å²) in [5.74, 6) is 0.139. The average molecular weight is 379 g/mol. The smallest absolute Gasteiger partial charge is 0.319 e. The Morgan fingerprint density at radius 3 is 2.74 bits per heavy atom. The molecular formula is C19H26FN3O4. The molecule has 0 bridgehead atoms. The minimum Gasteiger partial charge on any atom is -0.394 e. The highest BCUT2D eigenvalue weighted by Gasteiger charge is 2.33. The van der Waals surface area contributed by atoms with E-state index in [2.05, 4.69) is 16.0 Å². The zero-order valence-electron chi connectivity index (χ0n) is 15.1. The second-order valence-corrected chi connectivity index (χ2v) is 7.22. The summed E-state index contributed by atoms with van der Waals surface area (Å²) in [6, 6.07) is 4.73. The Labute approximate surface area is 157 Å². The van der Waals surface area contributed by atoms with Gasteiger partial charge in [-0.05, 0) is 49.8 Å². The molecule has 1 saturated heterocycles. The Bertz CT molecular complexity index is 668. The number of benzene rings is 1. The molecule has 2 aliphatic rings. The van der Waals surface area contributed by atoms with E-state index in [1.54, 1.807) is 6.07 Å². The summed E-state index contributed by atoms with van der Waals surface area (Å²) in [7, 11) is 0. The molecule has 2 fully saturated rings. The number of hydrogen-bond donors (Lipinski definition) is 4. The topological polar surface area (TPSA) is 99.7 Å². The van der Waals surface area contributed by atoms with Crippen LogP contribution in [-0.2, 0) is 9.53 Å². The lowest BCUT2D eigenvalue weighted by Crippen LogP contribution is -2.52. The summed E-state index contributed by atoms with van der Waals surface area (Å²) in [6.45, 7) is 0.463. The standard InChI is InChI=1S/C19H26FN3O4/c20-13-2-1-3-14(8-13)22-19(26)23-16-7-6-15(27-17(16)11-24)9-18(25)21-10-12-4-5-12/h1-3,8,12,15-17,24H,4-7,9-11H2,(H,21,25)(H2,22,23,26)/t15-,16-,17-/m0/s1. The van der Waals surface area contributed by atoms with Crippen LogP contribution in [0.15, 0.2) is 24.3 Å². The van der Waals surface area contributed by atoms with Crippen molar-refractivity contribution >= 4 is 17.6 Å². The number of nitrogens with one attached hydrogen (secondary N) is 3. The summed E-state index contributed by atoms with van der Waals surface area (Å²) in [4.78, 5) is 24.1. The number of ether oxygens (including phenoxy) is 1. The molecule has 1 aromatic carbocycles. The van der Waals surface area contributed by atoms with Crippen molar-refractivity contribution in [2.75, 3.05) is 18.5 Å². The summed E-state index contributed by atoms with van der Waals surface area (Å²) in [5, 5.41) is 17.8. The van der Waals surface area contributed by atoms with E-state index < -0.39 is 18.0 Å². The second kappa shape index (κ2) is 9.14. The summed E-state index contributed by atoms with van der Waals surface area (Å²) in [6.07, 6.45) is 2.95. The van der Waals surface area contributed by atoms with Gasteiger partial charge in [-0.25, -0.2) is 9.18 Å². The zero-order chi connectivity index (χ0) is 19.2. The first-order valence-corrected chi connectivity index (χ1v) is 9.39. The van der Waals surface area contributed by atoms with Gasteiger partial charge in [0.2, 0.25) is 5.91 Å². The number of carbonyl (C=O) groups is 2. The molecule has 148 valence electrons. The number of hydrogen-bond acceptors (Lipinski definition) is 4. The van der Waals surface area contributed by atoms with Crippen LogP contribution in [0.2, 0.25) is 0 Å². The lowest BCUT2D eigenvalue weighted by molar-refractivity contribution is -0.130. The Hall–Kier alpha value is -2.19. The lowest BCUT2D eigenvalue weighted by atomic mass is 9.97. The highest BCUT2D eigenvalue weighted by Crippen LogP contribution is 2.28. The average Bonchev–Trinajstić information content (AvgIpc) is 3.45. The molecule has 1 aliphatic carbocycles. The SMILES string of the molecule is O=C(C[C@@H]1CC[C@H](NC(=O)Nc2cccc(F)c2)[C@H](CO)O1)NCC1CC1. The molecule has 27 heavy (non-hydrogen) atoms. The first-order chi connectivity index (χ1) is 13.0. The van der Waals surface area contributed by atoms with Crippen LogP contribution < -0.4 is 16.0 Å². The lowest BCUT2D eigenvalue weighted by Gasteiger charge is -2.35. The Kier molecular flexibility index (Phi) is 6.63. The van der Waals surface area contributed by atoms with E-state index in [0.29, 0.717) is 24.4 Å². The van der Waals surface area contributed by atoms with Gasteiger partial charge in [-0.2, -0.15) is 0 Å². The highest BCUT2D eigenvalue weighted by molar-refractivity contribution is 5.89. The predicted octanol–water partition coefficient (Wildman–Crippen LogP) is 1.77. The summed E-state index contributed by atoms with van der Waals surface area (Å²) >= 11 is 0. The van der Waals surface area contributed by atoms with Crippen molar-refractivity contribution in [3.63, 3.8) is 0 Å². The summed E-state index contributed by atoms with van der Waals surface area (Å²) < 4.78 is 19.0. The van der Waals surface area contributed by atoms with Gasteiger partial charge in [-0.15, -0.1) is 0 Å². The van der Waals surface area contributed by atoms with Gasteiger partial charge in [0.15, 0.2) is 0 Å². The van der Waals surface area contributed by atoms with Crippen LogP contribution in [0, 0.1) is 11.7 Å². The molecule has 3 amide bonds. The molecule has 8 heteroatoms. The Balaban J connectivity index is 1.44. The van der Waals surface area contributed by atoms with Gasteiger partial charge in [-0.1, -0.05) is 6.07 Å². The van der Waals surface area contributed by atoms with Crippen molar-refractivity contribution in [2.45, 2.75) is 50.4 Å². The van der Waals surface area contributed by atoms with Crippen LogP contribution in [0.25, 0.3) is 0 Å². The van der Waals surface area contributed by atoms with E-state index in [-0.39, 0.29) is 31.1 Å². The van der Waals surface area contributed by atoms with Gasteiger partial charge in [0.1, 0.15) is 11.9 Å². The van der Waals surface area contributed by atoms with E-state index >= 15 is 0 Å². The zero-order valence-corrected chi connectivity index (χ0v) is 15.1. The molecule has 1 aliphatic heterocycles. The van der Waals surface area contributed by atoms with E-state index in [1.807, 2.05) is 0 Å². The Morgan fingerprint density at radius 1 is 1.22 bits per heavy atom. The molecule has 3 rings (SSSR count). The largest absolute Gasteiger partial charge is 0.394 e. The number of aliphatic hydroxyl groups is 1. The van der Waals surface area contributed by atoms with Crippen molar-refractivity contribution in [3.8, 4) is 0 Å². The molecule has 7 nitrogen and oxygen atoms in total. The van der Waals surface area contributed by atoms with Gasteiger partial charge >= 0.3 is 6.03 Å². The molecule has 0 spiro atoms. The fourth-order valence-electron chi connectivity index (χ4n) is 3.21. The quantitative estimate of drug-likeness (QED) is 0.580. The molecule has 0 aromatic heterocycles. The number of urea groups is 1. The maximum atomic E-state index is 13.2. The molecule has 1 aromatic rings. The van der Waals surface area contributed by atoms with E-state index in [1.165, 1.54) is 31.0 Å². The molecule has 3 atom stereocenters. The van der Waals surface area contributed by atoms with Gasteiger partial charge in [0.25, 0.3) is 0 Å². The number of carbonyl (C=O) groups excluding carboxylic acids is 2. The van der Waals surface area contributed by atoms with Crippen molar-refractivity contribution in [1.82, 2.24) is 10.6 Å². The number of anilines is 1. The van der Waals surface area contributed by atoms with Crippen molar-refractivity contribution in [1.29, 1.82) is 0 Å². The third kappa shape index (κ3) is 6.18. The van der Waals surface area contributed by atoms with Crippen LogP contribution in [-0.4, -0.2) is 48.4 Å². The van der Waals surface area contributed by atoms with Gasteiger partial charge in [0, 0.05) is 12.2 Å². The third-order valence-electron chi connectivity index (χ3n) is 4.89. The predicted molar refractivity (Wildman–Crippen MR) is 97.7 cm³/mol. The maximum absolute atomic E-state index is 13.2. The van der Waals surface area contributed by atoms with Gasteiger partial charge < -0.3 is 25.8 Å². The number of rotatable bonds is 7. The van der Waals surface area contributed by atoms with Crippen LogP contribution in [0.4, 0.5) is 14.9 Å². The van der Waals surface area contributed by atoms with Crippen LogP contribution in [0.5, 0.6) is 0 Å². The molecule has 4 N–H and O–H groups in total. The highest BCUT2D eigenvalue weighted by atomic mass is 19.1. The third-order valence-corrected chi connectivity index (χ3v) is 4.89. The molecular weight excluding hydrogens is 353 g/mol. The monoisotopic (exact) mass is 379 g/mol. The van der Waals surface area contributed by atoms with E-state index in [9.17, 15) is 19.1 Å². The van der Waals surface area contributed by atoms with Crippen LogP contribution in [0.1, 0.15) is 32.1 Å². The fraction of sp³-hybridized carbons (Fsp3) is 0.579. The minimum atomic E-state index is -0.585. The normalized spacial score (nSPS) is 24.9.